The Morgan fingerprint density at radius 3 is 2.67 bits per heavy atom. The largest absolute Gasteiger partial charge is 0.469 e. The summed E-state index contributed by atoms with van der Waals surface area (Å²) in [7, 11) is -4.71. The van der Waals surface area contributed by atoms with E-state index in [0.717, 1.165) is 11.3 Å². The fraction of sp³-hybridized carbons (Fsp3) is 0.556. The monoisotopic (exact) mass is 340 g/mol. The van der Waals surface area contributed by atoms with Crippen molar-refractivity contribution in [3.8, 4) is 0 Å². The van der Waals surface area contributed by atoms with Crippen molar-refractivity contribution in [3.63, 3.8) is 0 Å². The highest BCUT2D eigenvalue weighted by atomic mass is 32.1. The number of nitrogens with zero attached hydrogens (tertiary/aromatic N) is 1. The molecular weight excluding hydrogens is 327 g/mol. The molecule has 1 saturated heterocycles. The van der Waals surface area contributed by atoms with Gasteiger partial charge in [0.2, 0.25) is 0 Å². The normalized spacial score (nSPS) is 29.7. The molecule has 0 spiro atoms. The Bertz CT molecular complexity index is 574. The predicted octanol–water partition coefficient (Wildman–Crippen LogP) is -1.49. The average Bonchev–Trinajstić information content (AvgIpc) is 2.94. The molecule has 6 N–H and O–H groups in total. The lowest BCUT2D eigenvalue weighted by atomic mass is 10.1. The summed E-state index contributed by atoms with van der Waals surface area (Å²) >= 11 is 1.00. The van der Waals surface area contributed by atoms with Gasteiger partial charge in [0.1, 0.15) is 35.1 Å². The standard InChI is InChI=1S/C9H13N2O8PS/c10-8(14)3-2-21-9(11-3)7-6(13)5(12)4(19-7)1-18-20(15,16)17/h2,4-7,12-13H,1H2,(H2,10,14)(H2,15,16,17)/t4-,5+,6-,7+/m0/s1. The number of hydrogen-bond donors (Lipinski definition) is 5. The molecule has 1 aromatic rings. The van der Waals surface area contributed by atoms with Gasteiger partial charge in [0.25, 0.3) is 5.91 Å². The molecule has 2 rings (SSSR count). The summed E-state index contributed by atoms with van der Waals surface area (Å²) in [5.74, 6) is -0.744. The number of rotatable bonds is 5. The summed E-state index contributed by atoms with van der Waals surface area (Å²) in [6.07, 6.45) is -4.97. The fourth-order valence-corrected chi connectivity index (χ4v) is 3.02. The van der Waals surface area contributed by atoms with E-state index in [9.17, 15) is 19.6 Å². The van der Waals surface area contributed by atoms with E-state index < -0.39 is 44.8 Å². The zero-order valence-corrected chi connectivity index (χ0v) is 12.1. The molecule has 0 aliphatic carbocycles. The first-order valence-corrected chi connectivity index (χ1v) is 8.07. The number of carbonyl (C=O) groups excluding carboxylic acids is 1. The molecule has 21 heavy (non-hydrogen) atoms. The molecule has 2 heterocycles. The van der Waals surface area contributed by atoms with Crippen LogP contribution in [0, 0.1) is 0 Å². The smallest absolute Gasteiger partial charge is 0.387 e. The van der Waals surface area contributed by atoms with E-state index in [1.165, 1.54) is 5.38 Å². The van der Waals surface area contributed by atoms with Gasteiger partial charge in [-0.3, -0.25) is 9.32 Å². The molecule has 118 valence electrons. The number of phosphoric ester groups is 1. The van der Waals surface area contributed by atoms with Crippen LogP contribution in [-0.2, 0) is 13.8 Å². The molecule has 0 unspecified atom stereocenters. The maximum absolute atomic E-state index is 11.0. The fourth-order valence-electron chi connectivity index (χ4n) is 1.79. The average molecular weight is 340 g/mol. The number of hydrogen-bond acceptors (Lipinski definition) is 8. The number of nitrogens with two attached hydrogens (primary N) is 1. The lowest BCUT2D eigenvalue weighted by molar-refractivity contribution is -0.0224. The van der Waals surface area contributed by atoms with Crippen molar-refractivity contribution in [2.45, 2.75) is 24.4 Å². The van der Waals surface area contributed by atoms with E-state index in [2.05, 4.69) is 9.51 Å². The van der Waals surface area contributed by atoms with Crippen molar-refractivity contribution >= 4 is 25.1 Å². The second-order valence-corrected chi connectivity index (χ2v) is 6.43. The minimum absolute atomic E-state index is 0.00444. The van der Waals surface area contributed by atoms with E-state index in [-0.39, 0.29) is 10.7 Å². The van der Waals surface area contributed by atoms with Crippen LogP contribution >= 0.6 is 19.2 Å². The number of aliphatic hydroxyl groups is 2. The van der Waals surface area contributed by atoms with Gasteiger partial charge in [-0.2, -0.15) is 0 Å². The number of aromatic nitrogens is 1. The van der Waals surface area contributed by atoms with Crippen LogP contribution in [-0.4, -0.2) is 55.8 Å². The number of phosphoric acid groups is 1. The molecular formula is C9H13N2O8PS. The van der Waals surface area contributed by atoms with Crippen molar-refractivity contribution in [2.24, 2.45) is 5.73 Å². The zero-order valence-electron chi connectivity index (χ0n) is 10.4. The highest BCUT2D eigenvalue weighted by Crippen LogP contribution is 2.39. The Hall–Kier alpha value is -0.910. The third-order valence-corrected chi connectivity index (χ3v) is 4.18. The van der Waals surface area contributed by atoms with E-state index in [4.69, 9.17) is 20.3 Å². The van der Waals surface area contributed by atoms with E-state index in [0.29, 0.717) is 0 Å². The van der Waals surface area contributed by atoms with Crippen LogP contribution in [0.5, 0.6) is 0 Å². The maximum Gasteiger partial charge on any atom is 0.469 e. The Kier molecular flexibility index (Phi) is 4.76. The number of carbonyl (C=O) groups is 1. The molecule has 1 aliphatic heterocycles. The maximum atomic E-state index is 11.0. The van der Waals surface area contributed by atoms with Gasteiger partial charge in [0.15, 0.2) is 0 Å². The highest BCUT2D eigenvalue weighted by Gasteiger charge is 2.45. The first-order valence-electron chi connectivity index (χ1n) is 5.66. The molecule has 0 aromatic carbocycles. The summed E-state index contributed by atoms with van der Waals surface area (Å²) in [5.41, 5.74) is 5.05. The summed E-state index contributed by atoms with van der Waals surface area (Å²) in [5, 5.41) is 21.3. The summed E-state index contributed by atoms with van der Waals surface area (Å²) < 4.78 is 20.1. The van der Waals surface area contributed by atoms with Gasteiger partial charge in [-0.15, -0.1) is 11.3 Å². The van der Waals surface area contributed by atoms with Crippen molar-refractivity contribution in [3.05, 3.63) is 16.1 Å². The van der Waals surface area contributed by atoms with Crippen LogP contribution in [0.25, 0.3) is 0 Å². The minimum atomic E-state index is -4.71. The van der Waals surface area contributed by atoms with Gasteiger partial charge >= 0.3 is 7.82 Å². The van der Waals surface area contributed by atoms with Crippen LogP contribution in [0.1, 0.15) is 21.6 Å². The molecule has 1 amide bonds. The topological polar surface area (TPSA) is 172 Å². The molecule has 4 atom stereocenters. The van der Waals surface area contributed by atoms with Gasteiger partial charge < -0.3 is 30.5 Å². The second kappa shape index (κ2) is 6.07. The van der Waals surface area contributed by atoms with Crippen LogP contribution < -0.4 is 5.73 Å². The quantitative estimate of drug-likeness (QED) is 0.400. The summed E-state index contributed by atoms with van der Waals surface area (Å²) in [4.78, 5) is 32.0. The Morgan fingerprint density at radius 1 is 1.48 bits per heavy atom. The number of aliphatic hydroxyl groups excluding tert-OH is 2. The Morgan fingerprint density at radius 2 is 2.14 bits per heavy atom. The van der Waals surface area contributed by atoms with Crippen LogP contribution in [0.15, 0.2) is 5.38 Å². The second-order valence-electron chi connectivity index (χ2n) is 4.30. The number of amides is 1. The highest BCUT2D eigenvalue weighted by molar-refractivity contribution is 7.46. The first kappa shape index (κ1) is 16.5. The summed E-state index contributed by atoms with van der Waals surface area (Å²) in [6.45, 7) is -0.604. The molecule has 1 aromatic heterocycles. The van der Waals surface area contributed by atoms with Crippen molar-refractivity contribution < 1.29 is 38.6 Å². The van der Waals surface area contributed by atoms with Crippen molar-refractivity contribution in [1.82, 2.24) is 4.98 Å². The SMILES string of the molecule is NC(=O)c1csc([C@@H]2O[C@@H](COP(=O)(O)O)[C@@H](O)[C@@H]2O)n1. The molecule has 10 nitrogen and oxygen atoms in total. The minimum Gasteiger partial charge on any atom is -0.387 e. The third-order valence-electron chi connectivity index (χ3n) is 2.79. The van der Waals surface area contributed by atoms with Crippen molar-refractivity contribution in [2.75, 3.05) is 6.61 Å². The van der Waals surface area contributed by atoms with Gasteiger partial charge in [0, 0.05) is 5.38 Å². The van der Waals surface area contributed by atoms with Gasteiger partial charge in [-0.05, 0) is 0 Å². The molecule has 1 aliphatic rings. The molecule has 0 bridgehead atoms. The van der Waals surface area contributed by atoms with Crippen LogP contribution in [0.2, 0.25) is 0 Å². The predicted molar refractivity (Wildman–Crippen MR) is 68.3 cm³/mol. The Balaban J connectivity index is 2.08. The summed E-state index contributed by atoms with van der Waals surface area (Å²) in [6, 6.07) is 0. The zero-order chi connectivity index (χ0) is 15.8. The van der Waals surface area contributed by atoms with Gasteiger partial charge in [-0.25, -0.2) is 9.55 Å². The van der Waals surface area contributed by atoms with Crippen LogP contribution in [0.4, 0.5) is 0 Å². The van der Waals surface area contributed by atoms with Crippen molar-refractivity contribution in [1.29, 1.82) is 0 Å². The first-order chi connectivity index (χ1) is 9.69. The lowest BCUT2D eigenvalue weighted by Gasteiger charge is -2.14. The molecule has 0 saturated carbocycles. The molecule has 12 heteroatoms. The van der Waals surface area contributed by atoms with Gasteiger partial charge in [0.05, 0.1) is 6.61 Å². The van der Waals surface area contributed by atoms with E-state index in [1.54, 1.807) is 0 Å². The molecule has 1 fully saturated rings. The van der Waals surface area contributed by atoms with Crippen LogP contribution in [0.3, 0.4) is 0 Å². The number of primary amides is 1. The van der Waals surface area contributed by atoms with E-state index >= 15 is 0 Å². The Labute approximate surface area is 122 Å². The number of ether oxygens (including phenoxy) is 1. The molecule has 0 radical (unpaired) electrons. The van der Waals surface area contributed by atoms with Gasteiger partial charge in [-0.1, -0.05) is 0 Å². The number of thiazole rings is 1. The van der Waals surface area contributed by atoms with E-state index in [1.807, 2.05) is 0 Å². The third kappa shape index (κ3) is 3.84. The lowest BCUT2D eigenvalue weighted by Crippen LogP contribution is -2.33.